The van der Waals surface area contributed by atoms with Crippen LogP contribution in [0.4, 0.5) is 15.9 Å². The van der Waals surface area contributed by atoms with Crippen LogP contribution < -0.4 is 11.1 Å². The highest BCUT2D eigenvalue weighted by molar-refractivity contribution is 6.07. The van der Waals surface area contributed by atoms with Gasteiger partial charge in [0.2, 0.25) is 0 Å². The minimum absolute atomic E-state index is 0.199. The first-order valence-electron chi connectivity index (χ1n) is 7.44. The lowest BCUT2D eigenvalue weighted by Gasteiger charge is -2.09. The van der Waals surface area contributed by atoms with E-state index >= 15 is 0 Å². The molecule has 6 heteroatoms. The van der Waals surface area contributed by atoms with Gasteiger partial charge in [0.05, 0.1) is 11.9 Å². The molecule has 2 aromatic carbocycles. The van der Waals surface area contributed by atoms with E-state index < -0.39 is 0 Å². The first-order chi connectivity index (χ1) is 11.5. The van der Waals surface area contributed by atoms with Crippen LogP contribution in [0.1, 0.15) is 21.5 Å². The molecule has 122 valence electrons. The maximum atomic E-state index is 13.0. The predicted molar refractivity (Wildman–Crippen MR) is 91.8 cm³/mol. The Kier molecular flexibility index (Phi) is 4.04. The topological polar surface area (TPSA) is 72.9 Å². The molecule has 0 bridgehead atoms. The lowest BCUT2D eigenvalue weighted by molar-refractivity contribution is 0.102. The zero-order chi connectivity index (χ0) is 17.3. The molecule has 0 radical (unpaired) electrons. The number of nitrogens with one attached hydrogen (secondary N) is 1. The molecule has 3 N–H and O–H groups in total. The molecule has 3 aromatic rings. The number of rotatable bonds is 3. The first kappa shape index (κ1) is 15.7. The Bertz CT molecular complexity index is 900. The molecule has 0 saturated carbocycles. The third-order valence-electron chi connectivity index (χ3n) is 3.76. The first-order valence-corrected chi connectivity index (χ1v) is 7.44. The molecule has 1 amide bonds. The van der Waals surface area contributed by atoms with E-state index in [0.717, 1.165) is 16.8 Å². The van der Waals surface area contributed by atoms with Crippen molar-refractivity contribution in [2.24, 2.45) is 0 Å². The maximum absolute atomic E-state index is 13.0. The number of halogens is 1. The molecule has 0 saturated heterocycles. The number of nitrogen functional groups attached to an aromatic ring is 1. The highest BCUT2D eigenvalue weighted by Crippen LogP contribution is 2.21. The van der Waals surface area contributed by atoms with E-state index in [1.165, 1.54) is 23.0 Å². The maximum Gasteiger partial charge on any atom is 0.261 e. The molecule has 0 aliphatic carbocycles. The normalized spacial score (nSPS) is 10.6. The molecule has 3 rings (SSSR count). The number of hydrogen-bond donors (Lipinski definition) is 2. The average molecular weight is 324 g/mol. The van der Waals surface area contributed by atoms with Crippen LogP contribution in [0.2, 0.25) is 0 Å². The van der Waals surface area contributed by atoms with Crippen molar-refractivity contribution in [2.45, 2.75) is 13.8 Å². The fourth-order valence-electron chi connectivity index (χ4n) is 2.38. The van der Waals surface area contributed by atoms with Crippen molar-refractivity contribution in [3.63, 3.8) is 0 Å². The summed E-state index contributed by atoms with van der Waals surface area (Å²) in [6.45, 7) is 3.87. The van der Waals surface area contributed by atoms with Crippen molar-refractivity contribution >= 4 is 17.4 Å². The molecule has 5 nitrogen and oxygen atoms in total. The summed E-state index contributed by atoms with van der Waals surface area (Å²) >= 11 is 0. The van der Waals surface area contributed by atoms with Gasteiger partial charge in [0.25, 0.3) is 5.91 Å². The Morgan fingerprint density at radius 2 is 1.88 bits per heavy atom. The third-order valence-corrected chi connectivity index (χ3v) is 3.76. The van der Waals surface area contributed by atoms with E-state index in [2.05, 4.69) is 10.4 Å². The molecule has 1 aromatic heterocycles. The number of nitrogens with two attached hydrogens (primary N) is 1. The van der Waals surface area contributed by atoms with E-state index in [9.17, 15) is 9.18 Å². The number of aromatic nitrogens is 2. The van der Waals surface area contributed by atoms with Crippen molar-refractivity contribution in [3.05, 3.63) is 71.2 Å². The summed E-state index contributed by atoms with van der Waals surface area (Å²) in [5.41, 5.74) is 9.62. The Hall–Kier alpha value is -3.15. The smallest absolute Gasteiger partial charge is 0.261 e. The van der Waals surface area contributed by atoms with Crippen LogP contribution in [0.3, 0.4) is 0 Å². The molecular weight excluding hydrogens is 307 g/mol. The Morgan fingerprint density at radius 3 is 2.58 bits per heavy atom. The second-order valence-electron chi connectivity index (χ2n) is 5.60. The van der Waals surface area contributed by atoms with Crippen LogP contribution in [-0.2, 0) is 0 Å². The molecule has 0 unspecified atom stereocenters. The van der Waals surface area contributed by atoms with Crippen molar-refractivity contribution in [1.82, 2.24) is 9.78 Å². The van der Waals surface area contributed by atoms with Crippen LogP contribution in [0, 0.1) is 19.7 Å². The van der Waals surface area contributed by atoms with Crippen LogP contribution in [-0.4, -0.2) is 15.7 Å². The SMILES string of the molecule is Cc1ccc(C)c(NC(=O)c2cnn(-c3ccc(F)cc3)c2N)c1. The van der Waals surface area contributed by atoms with Gasteiger partial charge in [-0.3, -0.25) is 4.79 Å². The van der Waals surface area contributed by atoms with Crippen LogP contribution in [0.25, 0.3) is 5.69 Å². The fraction of sp³-hybridized carbons (Fsp3) is 0.111. The summed E-state index contributed by atoms with van der Waals surface area (Å²) < 4.78 is 14.4. The van der Waals surface area contributed by atoms with Crippen LogP contribution in [0.5, 0.6) is 0 Å². The van der Waals surface area contributed by atoms with E-state index in [1.807, 2.05) is 32.0 Å². The van der Waals surface area contributed by atoms with Crippen molar-refractivity contribution in [3.8, 4) is 5.69 Å². The second kappa shape index (κ2) is 6.16. The molecule has 0 atom stereocenters. The van der Waals surface area contributed by atoms with Gasteiger partial charge < -0.3 is 11.1 Å². The van der Waals surface area contributed by atoms with Gasteiger partial charge in [-0.05, 0) is 55.3 Å². The fourth-order valence-corrected chi connectivity index (χ4v) is 2.38. The molecule has 1 heterocycles. The third kappa shape index (κ3) is 2.99. The number of carbonyl (C=O) groups excluding carboxylic acids is 1. The molecule has 24 heavy (non-hydrogen) atoms. The minimum Gasteiger partial charge on any atom is -0.383 e. The minimum atomic E-state index is -0.350. The standard InChI is InChI=1S/C18H17FN4O/c1-11-3-4-12(2)16(9-11)22-18(24)15-10-21-23(17(15)20)14-7-5-13(19)6-8-14/h3-10H,20H2,1-2H3,(H,22,24). The lowest BCUT2D eigenvalue weighted by atomic mass is 10.1. The van der Waals surface area contributed by atoms with Gasteiger partial charge in [-0.1, -0.05) is 12.1 Å². The van der Waals surface area contributed by atoms with Crippen molar-refractivity contribution in [2.75, 3.05) is 11.1 Å². The highest BCUT2D eigenvalue weighted by Gasteiger charge is 2.17. The van der Waals surface area contributed by atoms with Crippen molar-refractivity contribution < 1.29 is 9.18 Å². The predicted octanol–water partition coefficient (Wildman–Crippen LogP) is 3.46. The monoisotopic (exact) mass is 324 g/mol. The van der Waals surface area contributed by atoms with Crippen LogP contribution >= 0.6 is 0 Å². The summed E-state index contributed by atoms with van der Waals surface area (Å²) in [7, 11) is 0. The lowest BCUT2D eigenvalue weighted by Crippen LogP contribution is -2.15. The van der Waals surface area contributed by atoms with E-state index in [-0.39, 0.29) is 23.1 Å². The Labute approximate surface area is 138 Å². The Balaban J connectivity index is 1.89. The molecule has 0 aliphatic heterocycles. The number of carbonyl (C=O) groups is 1. The summed E-state index contributed by atoms with van der Waals surface area (Å²) in [6, 6.07) is 11.5. The molecular formula is C18H17FN4O. The zero-order valence-electron chi connectivity index (χ0n) is 13.4. The highest BCUT2D eigenvalue weighted by atomic mass is 19.1. The molecule has 0 fully saturated rings. The second-order valence-corrected chi connectivity index (χ2v) is 5.60. The van der Waals surface area contributed by atoms with E-state index in [1.54, 1.807) is 12.1 Å². The summed E-state index contributed by atoms with van der Waals surface area (Å²) in [5.74, 6) is -0.489. The number of anilines is 2. The van der Waals surface area contributed by atoms with Gasteiger partial charge in [-0.2, -0.15) is 5.10 Å². The number of benzene rings is 2. The van der Waals surface area contributed by atoms with Crippen molar-refractivity contribution in [1.29, 1.82) is 0 Å². The van der Waals surface area contributed by atoms with E-state index in [4.69, 9.17) is 5.73 Å². The van der Waals surface area contributed by atoms with Gasteiger partial charge in [0.1, 0.15) is 17.2 Å². The average Bonchev–Trinajstić information content (AvgIpc) is 2.93. The number of nitrogens with zero attached hydrogens (tertiary/aromatic N) is 2. The number of hydrogen-bond acceptors (Lipinski definition) is 3. The number of aryl methyl sites for hydroxylation is 2. The van der Waals surface area contributed by atoms with Gasteiger partial charge in [0, 0.05) is 5.69 Å². The van der Waals surface area contributed by atoms with Crippen LogP contribution in [0.15, 0.2) is 48.7 Å². The summed E-state index contributed by atoms with van der Waals surface area (Å²) in [6.07, 6.45) is 1.40. The summed E-state index contributed by atoms with van der Waals surface area (Å²) in [4.78, 5) is 12.5. The van der Waals surface area contributed by atoms with E-state index in [0.29, 0.717) is 5.69 Å². The summed E-state index contributed by atoms with van der Waals surface area (Å²) in [5, 5.41) is 6.98. The molecule has 0 aliphatic rings. The van der Waals surface area contributed by atoms with Gasteiger partial charge in [0.15, 0.2) is 0 Å². The Morgan fingerprint density at radius 1 is 1.17 bits per heavy atom. The molecule has 0 spiro atoms. The zero-order valence-corrected chi connectivity index (χ0v) is 13.4. The van der Waals surface area contributed by atoms with Gasteiger partial charge >= 0.3 is 0 Å². The quantitative estimate of drug-likeness (QED) is 0.775. The number of amides is 1. The van der Waals surface area contributed by atoms with Gasteiger partial charge in [-0.25, -0.2) is 9.07 Å². The largest absolute Gasteiger partial charge is 0.383 e. The van der Waals surface area contributed by atoms with Gasteiger partial charge in [-0.15, -0.1) is 0 Å².